The van der Waals surface area contributed by atoms with Gasteiger partial charge in [0.05, 0.1) is 6.61 Å². The molecule has 1 fully saturated rings. The van der Waals surface area contributed by atoms with Crippen molar-refractivity contribution in [2.45, 2.75) is 18.9 Å². The van der Waals surface area contributed by atoms with Gasteiger partial charge >= 0.3 is 0 Å². The number of hydrogen-bond acceptors (Lipinski definition) is 3. The first-order chi connectivity index (χ1) is 9.61. The second-order valence-electron chi connectivity index (χ2n) is 5.27. The number of aliphatic hydroxyl groups is 1. The van der Waals surface area contributed by atoms with Gasteiger partial charge in [-0.2, -0.15) is 0 Å². The van der Waals surface area contributed by atoms with Crippen LogP contribution in [0.25, 0.3) is 0 Å². The molecule has 1 saturated heterocycles. The second kappa shape index (κ2) is 7.38. The summed E-state index contributed by atoms with van der Waals surface area (Å²) in [5.74, 6) is 0.0344. The minimum Gasteiger partial charge on any atom is -0.395 e. The molecular weight excluding hydrogens is 367 g/mol. The van der Waals surface area contributed by atoms with E-state index in [-0.39, 0.29) is 18.6 Å². The summed E-state index contributed by atoms with van der Waals surface area (Å²) in [6.07, 6.45) is 1.96. The van der Waals surface area contributed by atoms with Crippen molar-refractivity contribution in [2.24, 2.45) is 0 Å². The maximum Gasteiger partial charge on any atom is 0.254 e. The third-order valence-corrected chi connectivity index (χ3v) is 4.47. The van der Waals surface area contributed by atoms with Crippen LogP contribution in [0.1, 0.15) is 23.2 Å². The number of carbonyl (C=O) groups is 1. The van der Waals surface area contributed by atoms with Crippen LogP contribution in [0.3, 0.4) is 0 Å². The van der Waals surface area contributed by atoms with Gasteiger partial charge in [-0.05, 0) is 73.8 Å². The van der Waals surface area contributed by atoms with Gasteiger partial charge in [-0.3, -0.25) is 4.79 Å². The van der Waals surface area contributed by atoms with E-state index >= 15 is 0 Å². The summed E-state index contributed by atoms with van der Waals surface area (Å²) in [6, 6.07) is 7.87. The van der Waals surface area contributed by atoms with Crippen molar-refractivity contribution >= 4 is 28.5 Å². The summed E-state index contributed by atoms with van der Waals surface area (Å²) in [5.41, 5.74) is 0.712. The number of amides is 1. The van der Waals surface area contributed by atoms with Crippen LogP contribution in [0.2, 0.25) is 0 Å². The molecule has 1 aliphatic rings. The molecule has 0 bridgehead atoms. The van der Waals surface area contributed by atoms with Gasteiger partial charge in [0.1, 0.15) is 0 Å². The van der Waals surface area contributed by atoms with E-state index in [0.29, 0.717) is 12.1 Å². The molecule has 0 saturated carbocycles. The van der Waals surface area contributed by atoms with E-state index in [1.807, 2.05) is 29.2 Å². The molecule has 0 radical (unpaired) electrons. The first-order valence-electron chi connectivity index (χ1n) is 6.97. The quantitative estimate of drug-likeness (QED) is 0.801. The molecule has 0 atom stereocenters. The molecule has 4 nitrogen and oxygen atoms in total. The molecule has 1 aromatic rings. The lowest BCUT2D eigenvalue weighted by molar-refractivity contribution is 0.0540. The number of rotatable bonds is 4. The van der Waals surface area contributed by atoms with E-state index in [9.17, 15) is 9.90 Å². The summed E-state index contributed by atoms with van der Waals surface area (Å²) >= 11 is 2.21. The molecular formula is C15H21IN2O2. The van der Waals surface area contributed by atoms with Crippen LogP contribution in [0.15, 0.2) is 24.3 Å². The van der Waals surface area contributed by atoms with Gasteiger partial charge in [0.25, 0.3) is 5.91 Å². The van der Waals surface area contributed by atoms with Crippen molar-refractivity contribution in [3.05, 3.63) is 33.4 Å². The standard InChI is InChI=1S/C15H21IN2O2/c1-17-7-5-14(6-8-17)18(9-10-19)15(20)12-3-2-4-13(16)11-12/h2-4,11,14,19H,5-10H2,1H3. The predicted octanol–water partition coefficient (Wildman–Crippen LogP) is 1.82. The van der Waals surface area contributed by atoms with E-state index in [1.54, 1.807) is 0 Å². The Kier molecular flexibility index (Phi) is 5.80. The molecule has 0 aliphatic carbocycles. The number of piperidine rings is 1. The minimum absolute atomic E-state index is 0.0159. The molecule has 1 N–H and O–H groups in total. The molecule has 5 heteroatoms. The minimum atomic E-state index is 0.0159. The predicted molar refractivity (Wildman–Crippen MR) is 87.8 cm³/mol. The third-order valence-electron chi connectivity index (χ3n) is 3.80. The average molecular weight is 388 g/mol. The van der Waals surface area contributed by atoms with Gasteiger partial charge in [-0.15, -0.1) is 0 Å². The molecule has 110 valence electrons. The Hall–Kier alpha value is -0.660. The van der Waals surface area contributed by atoms with Gasteiger partial charge in [0.2, 0.25) is 0 Å². The number of carbonyl (C=O) groups excluding carboxylic acids is 1. The van der Waals surface area contributed by atoms with Crippen molar-refractivity contribution in [3.8, 4) is 0 Å². The first kappa shape index (κ1) is 15.7. The first-order valence-corrected chi connectivity index (χ1v) is 8.05. The van der Waals surface area contributed by atoms with Crippen LogP contribution in [-0.2, 0) is 0 Å². The van der Waals surface area contributed by atoms with E-state index in [2.05, 4.69) is 34.5 Å². The number of likely N-dealkylation sites (tertiary alicyclic amines) is 1. The SMILES string of the molecule is CN1CCC(N(CCO)C(=O)c2cccc(I)c2)CC1. The van der Waals surface area contributed by atoms with Gasteiger partial charge in [-0.25, -0.2) is 0 Å². The van der Waals surface area contributed by atoms with Gasteiger partial charge < -0.3 is 14.9 Å². The van der Waals surface area contributed by atoms with Crippen molar-refractivity contribution < 1.29 is 9.90 Å². The van der Waals surface area contributed by atoms with Crippen LogP contribution in [0, 0.1) is 3.57 Å². The number of aliphatic hydroxyl groups excluding tert-OH is 1. The summed E-state index contributed by atoms with van der Waals surface area (Å²) in [7, 11) is 2.11. The van der Waals surface area contributed by atoms with Crippen molar-refractivity contribution in [2.75, 3.05) is 33.3 Å². The Morgan fingerprint density at radius 3 is 2.75 bits per heavy atom. The third kappa shape index (κ3) is 3.93. The molecule has 0 unspecified atom stereocenters. The topological polar surface area (TPSA) is 43.8 Å². The number of hydrogen-bond donors (Lipinski definition) is 1. The monoisotopic (exact) mass is 388 g/mol. The Morgan fingerprint density at radius 1 is 1.45 bits per heavy atom. The Morgan fingerprint density at radius 2 is 2.15 bits per heavy atom. The second-order valence-corrected chi connectivity index (χ2v) is 6.51. The zero-order valence-electron chi connectivity index (χ0n) is 11.8. The van der Waals surface area contributed by atoms with Crippen LogP contribution in [-0.4, -0.2) is 60.1 Å². The zero-order valence-corrected chi connectivity index (χ0v) is 13.9. The van der Waals surface area contributed by atoms with Crippen LogP contribution < -0.4 is 0 Å². The Labute approximate surface area is 133 Å². The van der Waals surface area contributed by atoms with Gasteiger partial charge in [0.15, 0.2) is 0 Å². The molecule has 1 heterocycles. The van der Waals surface area contributed by atoms with E-state index in [4.69, 9.17) is 0 Å². The highest BCUT2D eigenvalue weighted by atomic mass is 127. The number of nitrogens with zero attached hydrogens (tertiary/aromatic N) is 2. The fraction of sp³-hybridized carbons (Fsp3) is 0.533. The lowest BCUT2D eigenvalue weighted by Gasteiger charge is -2.37. The summed E-state index contributed by atoms with van der Waals surface area (Å²) in [5, 5.41) is 9.26. The fourth-order valence-electron chi connectivity index (χ4n) is 2.65. The highest BCUT2D eigenvalue weighted by molar-refractivity contribution is 14.1. The van der Waals surface area contributed by atoms with E-state index in [1.165, 1.54) is 0 Å². The Balaban J connectivity index is 2.13. The molecule has 1 amide bonds. The van der Waals surface area contributed by atoms with Gasteiger partial charge in [0, 0.05) is 21.7 Å². The fourth-order valence-corrected chi connectivity index (χ4v) is 3.19. The van der Waals surface area contributed by atoms with Crippen molar-refractivity contribution in [1.82, 2.24) is 9.80 Å². The van der Waals surface area contributed by atoms with Crippen LogP contribution in [0.5, 0.6) is 0 Å². The smallest absolute Gasteiger partial charge is 0.254 e. The lowest BCUT2D eigenvalue weighted by atomic mass is 10.0. The largest absolute Gasteiger partial charge is 0.395 e. The van der Waals surface area contributed by atoms with Crippen LogP contribution >= 0.6 is 22.6 Å². The molecule has 0 spiro atoms. The normalized spacial score (nSPS) is 17.1. The molecule has 0 aromatic heterocycles. The maximum atomic E-state index is 12.7. The molecule has 2 rings (SSSR count). The average Bonchev–Trinajstić information content (AvgIpc) is 2.45. The van der Waals surface area contributed by atoms with E-state index in [0.717, 1.165) is 29.5 Å². The van der Waals surface area contributed by atoms with Crippen LogP contribution in [0.4, 0.5) is 0 Å². The molecule has 1 aromatic carbocycles. The maximum absolute atomic E-state index is 12.7. The number of benzene rings is 1. The van der Waals surface area contributed by atoms with Crippen molar-refractivity contribution in [1.29, 1.82) is 0 Å². The zero-order chi connectivity index (χ0) is 14.5. The molecule has 1 aliphatic heterocycles. The van der Waals surface area contributed by atoms with Crippen molar-refractivity contribution in [3.63, 3.8) is 0 Å². The lowest BCUT2D eigenvalue weighted by Crippen LogP contribution is -2.47. The highest BCUT2D eigenvalue weighted by Crippen LogP contribution is 2.19. The highest BCUT2D eigenvalue weighted by Gasteiger charge is 2.27. The summed E-state index contributed by atoms with van der Waals surface area (Å²) in [6.45, 7) is 2.44. The number of halogens is 1. The van der Waals surface area contributed by atoms with Gasteiger partial charge in [-0.1, -0.05) is 6.07 Å². The molecule has 20 heavy (non-hydrogen) atoms. The summed E-state index contributed by atoms with van der Waals surface area (Å²) < 4.78 is 1.06. The van der Waals surface area contributed by atoms with E-state index < -0.39 is 0 Å². The Bertz CT molecular complexity index is 459. The summed E-state index contributed by atoms with van der Waals surface area (Å²) in [4.78, 5) is 16.8.